The Morgan fingerprint density at radius 3 is 2.56 bits per heavy atom. The minimum absolute atomic E-state index is 0.119. The Hall–Kier alpha value is -3.22. The highest BCUT2D eigenvalue weighted by atomic mass is 32.2. The third kappa shape index (κ3) is 4.88. The summed E-state index contributed by atoms with van der Waals surface area (Å²) >= 11 is 0. The van der Waals surface area contributed by atoms with Crippen LogP contribution in [0.3, 0.4) is 0 Å². The molecule has 36 heavy (non-hydrogen) atoms. The smallest absolute Gasteiger partial charge is 0.243 e. The zero-order valence-corrected chi connectivity index (χ0v) is 21.8. The zero-order valence-electron chi connectivity index (χ0n) is 21.0. The van der Waals surface area contributed by atoms with Crippen molar-refractivity contribution in [2.45, 2.75) is 44.4 Å². The first kappa shape index (κ1) is 24.5. The van der Waals surface area contributed by atoms with Gasteiger partial charge in [-0.25, -0.2) is 13.4 Å². The van der Waals surface area contributed by atoms with Gasteiger partial charge in [0.2, 0.25) is 10.0 Å². The lowest BCUT2D eigenvalue weighted by molar-refractivity contribution is 0.455. The van der Waals surface area contributed by atoms with Gasteiger partial charge >= 0.3 is 0 Å². The minimum atomic E-state index is -3.56. The normalized spacial score (nSPS) is 17.8. The average Bonchev–Trinajstić information content (AvgIpc) is 3.46. The fraction of sp³-hybridized carbons (Fsp3) is 0.300. The number of allylic oxidation sites excluding steroid dienone is 1. The van der Waals surface area contributed by atoms with Gasteiger partial charge in [0.15, 0.2) is 0 Å². The van der Waals surface area contributed by atoms with Crippen LogP contribution in [0.5, 0.6) is 0 Å². The van der Waals surface area contributed by atoms with Gasteiger partial charge in [0.25, 0.3) is 0 Å². The summed E-state index contributed by atoms with van der Waals surface area (Å²) in [5.74, 6) is 1.00. The molecule has 5 nitrogen and oxygen atoms in total. The maximum absolute atomic E-state index is 13.5. The number of rotatable bonds is 8. The maximum atomic E-state index is 13.5. The van der Waals surface area contributed by atoms with E-state index >= 15 is 0 Å². The lowest BCUT2D eigenvalue weighted by Crippen LogP contribution is -2.29. The van der Waals surface area contributed by atoms with Crippen molar-refractivity contribution >= 4 is 20.9 Å². The maximum Gasteiger partial charge on any atom is 0.243 e. The van der Waals surface area contributed by atoms with Crippen molar-refractivity contribution in [3.05, 3.63) is 102 Å². The Morgan fingerprint density at radius 2 is 1.81 bits per heavy atom. The van der Waals surface area contributed by atoms with E-state index in [0.29, 0.717) is 18.0 Å². The van der Waals surface area contributed by atoms with Crippen LogP contribution in [0.4, 0.5) is 0 Å². The number of aromatic nitrogens is 2. The van der Waals surface area contributed by atoms with Gasteiger partial charge in [0.1, 0.15) is 5.82 Å². The third-order valence-corrected chi connectivity index (χ3v) is 8.88. The predicted molar refractivity (Wildman–Crippen MR) is 146 cm³/mol. The second-order valence-electron chi connectivity index (χ2n) is 9.65. The molecular formula is C30H33N3O2S. The topological polar surface area (TPSA) is 55.2 Å². The summed E-state index contributed by atoms with van der Waals surface area (Å²) in [6, 6.07) is 23.7. The van der Waals surface area contributed by atoms with Crippen LogP contribution in [0.2, 0.25) is 0 Å². The van der Waals surface area contributed by atoms with Crippen LogP contribution in [-0.2, 0) is 16.4 Å². The number of benzene rings is 2. The van der Waals surface area contributed by atoms with E-state index in [1.54, 1.807) is 16.4 Å². The van der Waals surface area contributed by atoms with Crippen LogP contribution >= 0.6 is 0 Å². The minimum Gasteiger partial charge on any atom is -0.298 e. The highest BCUT2D eigenvalue weighted by Gasteiger charge is 2.36. The van der Waals surface area contributed by atoms with E-state index in [9.17, 15) is 8.42 Å². The number of unbranched alkanes of at least 4 members (excludes halogenated alkanes) is 2. The summed E-state index contributed by atoms with van der Waals surface area (Å²) in [6.07, 6.45) is 8.05. The van der Waals surface area contributed by atoms with Crippen molar-refractivity contribution in [3.8, 4) is 5.82 Å². The quantitative estimate of drug-likeness (QED) is 0.211. The van der Waals surface area contributed by atoms with Gasteiger partial charge in [-0.2, -0.15) is 4.31 Å². The number of aryl methyl sites for hydroxylation is 1. The van der Waals surface area contributed by atoms with Gasteiger partial charge in [-0.1, -0.05) is 73.4 Å². The second-order valence-corrected chi connectivity index (χ2v) is 11.6. The van der Waals surface area contributed by atoms with Crippen molar-refractivity contribution in [1.82, 2.24) is 13.9 Å². The van der Waals surface area contributed by atoms with Crippen LogP contribution in [0.15, 0.2) is 95.5 Å². The summed E-state index contributed by atoms with van der Waals surface area (Å²) in [5, 5.41) is 1.16. The van der Waals surface area contributed by atoms with E-state index in [1.807, 2.05) is 49.5 Å². The van der Waals surface area contributed by atoms with Gasteiger partial charge in [-0.3, -0.25) is 4.57 Å². The molecule has 186 valence electrons. The molecule has 0 unspecified atom stereocenters. The number of para-hydroxylation sites is 1. The van der Waals surface area contributed by atoms with Gasteiger partial charge in [0.05, 0.1) is 10.4 Å². The molecule has 0 radical (unpaired) electrons. The van der Waals surface area contributed by atoms with Crippen molar-refractivity contribution in [1.29, 1.82) is 0 Å². The monoisotopic (exact) mass is 499 g/mol. The molecular weight excluding hydrogens is 466 g/mol. The summed E-state index contributed by atoms with van der Waals surface area (Å²) in [4.78, 5) is 4.99. The molecule has 1 aliphatic heterocycles. The average molecular weight is 500 g/mol. The number of pyridine rings is 1. The van der Waals surface area contributed by atoms with Gasteiger partial charge < -0.3 is 0 Å². The van der Waals surface area contributed by atoms with Crippen molar-refractivity contribution in [3.63, 3.8) is 0 Å². The lowest BCUT2D eigenvalue weighted by Gasteiger charge is -2.17. The fourth-order valence-corrected chi connectivity index (χ4v) is 6.57. The van der Waals surface area contributed by atoms with Crippen LogP contribution in [0.25, 0.3) is 16.7 Å². The SMILES string of the molecule is CCCC/C=C1\CN(S(=O)(=O)c2ccc(C)cc2)C[C@@H]1Cc1cc2ccccc2n1-c1ccccn1. The van der Waals surface area contributed by atoms with E-state index in [0.717, 1.165) is 53.7 Å². The molecule has 1 aliphatic rings. The molecule has 1 saturated heterocycles. The molecule has 3 heterocycles. The number of fused-ring (bicyclic) bond motifs is 1. The molecule has 1 atom stereocenters. The molecule has 1 fully saturated rings. The lowest BCUT2D eigenvalue weighted by atomic mass is 9.96. The largest absolute Gasteiger partial charge is 0.298 e. The van der Waals surface area contributed by atoms with Gasteiger partial charge in [-0.15, -0.1) is 0 Å². The summed E-state index contributed by atoms with van der Waals surface area (Å²) in [7, 11) is -3.56. The Labute approximate surface area is 214 Å². The summed E-state index contributed by atoms with van der Waals surface area (Å²) in [6.45, 7) is 5.09. The number of sulfonamides is 1. The molecule has 0 bridgehead atoms. The van der Waals surface area contributed by atoms with E-state index in [-0.39, 0.29) is 5.92 Å². The Balaban J connectivity index is 1.51. The third-order valence-electron chi connectivity index (χ3n) is 7.05. The first-order valence-electron chi connectivity index (χ1n) is 12.7. The van der Waals surface area contributed by atoms with E-state index < -0.39 is 10.0 Å². The van der Waals surface area contributed by atoms with Crippen LogP contribution in [0, 0.1) is 12.8 Å². The molecule has 0 aliphatic carbocycles. The highest BCUT2D eigenvalue weighted by Crippen LogP contribution is 2.33. The van der Waals surface area contributed by atoms with Crippen molar-refractivity contribution in [2.75, 3.05) is 13.1 Å². The Kier molecular flexibility index (Phi) is 7.08. The van der Waals surface area contributed by atoms with E-state index in [1.165, 1.54) is 5.57 Å². The first-order valence-corrected chi connectivity index (χ1v) is 14.2. The molecule has 0 amide bonds. The van der Waals surface area contributed by atoms with Crippen LogP contribution < -0.4 is 0 Å². The number of hydrogen-bond donors (Lipinski definition) is 0. The number of nitrogens with zero attached hydrogens (tertiary/aromatic N) is 3. The molecule has 2 aromatic heterocycles. The Bertz CT molecular complexity index is 1470. The molecule has 5 rings (SSSR count). The fourth-order valence-electron chi connectivity index (χ4n) is 5.09. The van der Waals surface area contributed by atoms with Crippen molar-refractivity contribution in [2.24, 2.45) is 5.92 Å². The molecule has 2 aromatic carbocycles. The molecule has 4 aromatic rings. The van der Waals surface area contributed by atoms with E-state index in [2.05, 4.69) is 46.8 Å². The predicted octanol–water partition coefficient (Wildman–Crippen LogP) is 6.31. The van der Waals surface area contributed by atoms with Crippen LogP contribution in [0.1, 0.15) is 37.4 Å². The standard InChI is InChI=1S/C30H33N3O2S/c1-3-4-5-11-25-21-32(36(34,35)28-16-14-23(2)15-17-28)22-26(25)20-27-19-24-10-6-7-12-29(24)33(27)30-13-8-9-18-31-30/h6-19,26H,3-5,20-22H2,1-2H3/b25-11+/t26-/m0/s1. The van der Waals surface area contributed by atoms with E-state index in [4.69, 9.17) is 0 Å². The second kappa shape index (κ2) is 10.4. The summed E-state index contributed by atoms with van der Waals surface area (Å²) < 4.78 is 30.9. The molecule has 6 heteroatoms. The molecule has 0 saturated carbocycles. The molecule has 0 spiro atoms. The highest BCUT2D eigenvalue weighted by molar-refractivity contribution is 7.89. The van der Waals surface area contributed by atoms with Gasteiger partial charge in [-0.05, 0) is 56.2 Å². The zero-order chi connectivity index (χ0) is 25.1. The van der Waals surface area contributed by atoms with Crippen molar-refractivity contribution < 1.29 is 8.42 Å². The van der Waals surface area contributed by atoms with Crippen LogP contribution in [-0.4, -0.2) is 35.4 Å². The number of hydrogen-bond acceptors (Lipinski definition) is 3. The van der Waals surface area contributed by atoms with Gasteiger partial charge in [0, 0.05) is 36.3 Å². The first-order chi connectivity index (χ1) is 17.5. The Morgan fingerprint density at radius 1 is 1.03 bits per heavy atom. The molecule has 0 N–H and O–H groups in total. The summed E-state index contributed by atoms with van der Waals surface area (Å²) in [5.41, 5.74) is 4.54.